The van der Waals surface area contributed by atoms with Gasteiger partial charge in [-0.25, -0.2) is 4.98 Å². The summed E-state index contributed by atoms with van der Waals surface area (Å²) < 4.78 is 41.5. The van der Waals surface area contributed by atoms with Crippen molar-refractivity contribution in [3.8, 4) is 5.75 Å². The number of piperidine rings is 1. The van der Waals surface area contributed by atoms with Crippen LogP contribution in [-0.2, 0) is 11.3 Å². The van der Waals surface area contributed by atoms with Crippen LogP contribution in [0.25, 0.3) is 0 Å². The van der Waals surface area contributed by atoms with E-state index in [9.17, 15) is 18.0 Å². The molecule has 0 bridgehead atoms. The molecule has 150 valence electrons. The summed E-state index contributed by atoms with van der Waals surface area (Å²) in [4.78, 5) is 22.9. The van der Waals surface area contributed by atoms with Crippen LogP contribution in [0.1, 0.15) is 18.4 Å². The van der Waals surface area contributed by atoms with Crippen LogP contribution in [0.4, 0.5) is 19.0 Å². The van der Waals surface area contributed by atoms with Gasteiger partial charge < -0.3 is 15.0 Å². The van der Waals surface area contributed by atoms with Gasteiger partial charge in [0.05, 0.1) is 12.1 Å². The van der Waals surface area contributed by atoms with Crippen LogP contribution in [0.2, 0.25) is 0 Å². The minimum absolute atomic E-state index is 0.0878. The van der Waals surface area contributed by atoms with Crippen molar-refractivity contribution in [3.63, 3.8) is 0 Å². The highest BCUT2D eigenvalue weighted by molar-refractivity contribution is 5.79. The summed E-state index contributed by atoms with van der Waals surface area (Å²) in [7, 11) is 0. The van der Waals surface area contributed by atoms with Gasteiger partial charge in [0.15, 0.2) is 6.61 Å². The number of hydrogen-bond acceptors (Lipinski definition) is 5. The van der Waals surface area contributed by atoms with E-state index < -0.39 is 12.8 Å². The maximum atomic E-state index is 12.5. The van der Waals surface area contributed by atoms with E-state index in [0.717, 1.165) is 25.2 Å². The van der Waals surface area contributed by atoms with Gasteiger partial charge in [0.2, 0.25) is 5.91 Å². The fourth-order valence-electron chi connectivity index (χ4n) is 3.10. The number of rotatable bonds is 6. The molecule has 1 amide bonds. The smallest absolute Gasteiger partial charge is 0.422 e. The minimum atomic E-state index is -4.39. The van der Waals surface area contributed by atoms with Gasteiger partial charge in [0.25, 0.3) is 0 Å². The first kappa shape index (κ1) is 19.9. The molecule has 1 aromatic carbocycles. The van der Waals surface area contributed by atoms with Crippen molar-refractivity contribution in [2.24, 2.45) is 5.92 Å². The second kappa shape index (κ2) is 8.90. The Kier molecular flexibility index (Phi) is 6.33. The van der Waals surface area contributed by atoms with Gasteiger partial charge in [-0.1, -0.05) is 12.1 Å². The predicted molar refractivity (Wildman–Crippen MR) is 96.8 cm³/mol. The highest BCUT2D eigenvalue weighted by Gasteiger charge is 2.28. The number of ether oxygens (including phenoxy) is 1. The molecular weight excluding hydrogens is 373 g/mol. The average molecular weight is 394 g/mol. The second-order valence-corrected chi connectivity index (χ2v) is 6.62. The molecule has 1 N–H and O–H groups in total. The third kappa shape index (κ3) is 5.83. The van der Waals surface area contributed by atoms with E-state index in [4.69, 9.17) is 4.74 Å². The van der Waals surface area contributed by atoms with Crippen LogP contribution < -0.4 is 15.0 Å². The van der Waals surface area contributed by atoms with Crippen molar-refractivity contribution in [3.05, 3.63) is 48.4 Å². The molecule has 0 radical (unpaired) electrons. The molecule has 28 heavy (non-hydrogen) atoms. The summed E-state index contributed by atoms with van der Waals surface area (Å²) in [5.74, 6) is 0.598. The van der Waals surface area contributed by atoms with Crippen LogP contribution in [-0.4, -0.2) is 41.7 Å². The van der Waals surface area contributed by atoms with Gasteiger partial charge in [-0.2, -0.15) is 13.2 Å². The molecule has 1 atom stereocenters. The van der Waals surface area contributed by atoms with E-state index >= 15 is 0 Å². The summed E-state index contributed by atoms with van der Waals surface area (Å²) in [5.41, 5.74) is 0.676. The fraction of sp³-hybridized carbons (Fsp3) is 0.421. The first-order chi connectivity index (χ1) is 13.4. The third-order valence-electron chi connectivity index (χ3n) is 4.43. The number of nitrogens with zero attached hydrogens (tertiary/aromatic N) is 3. The number of hydrogen-bond donors (Lipinski definition) is 1. The lowest BCUT2D eigenvalue weighted by molar-refractivity contribution is -0.153. The molecule has 3 rings (SSSR count). The molecule has 0 saturated carbocycles. The standard InChI is InChI=1S/C19H21F3N4O2/c20-19(21,22)13-28-16-5-1-3-14(9-16)10-25-18(27)15-4-2-8-26(12-15)17-11-23-6-7-24-17/h1,3,5-7,9,11,15H,2,4,8,10,12-13H2,(H,25,27)/t15-/m0/s1. The van der Waals surface area contributed by atoms with E-state index in [0.29, 0.717) is 12.1 Å². The van der Waals surface area contributed by atoms with Gasteiger partial charge in [-0.05, 0) is 30.5 Å². The molecule has 2 heterocycles. The van der Waals surface area contributed by atoms with Gasteiger partial charge >= 0.3 is 6.18 Å². The van der Waals surface area contributed by atoms with Gasteiger partial charge in [0.1, 0.15) is 11.6 Å². The summed E-state index contributed by atoms with van der Waals surface area (Å²) >= 11 is 0. The number of benzene rings is 1. The van der Waals surface area contributed by atoms with Gasteiger partial charge in [-0.15, -0.1) is 0 Å². The highest BCUT2D eigenvalue weighted by atomic mass is 19.4. The maximum Gasteiger partial charge on any atom is 0.422 e. The van der Waals surface area contributed by atoms with E-state index in [-0.39, 0.29) is 24.1 Å². The number of alkyl halides is 3. The monoisotopic (exact) mass is 394 g/mol. The van der Waals surface area contributed by atoms with Crippen molar-refractivity contribution >= 4 is 11.7 Å². The number of halogens is 3. The van der Waals surface area contributed by atoms with Gasteiger partial charge in [0, 0.05) is 32.0 Å². The number of aromatic nitrogens is 2. The molecule has 9 heteroatoms. The minimum Gasteiger partial charge on any atom is -0.484 e. The van der Waals surface area contributed by atoms with E-state index in [1.54, 1.807) is 30.7 Å². The normalized spacial score (nSPS) is 17.2. The third-order valence-corrected chi connectivity index (χ3v) is 4.43. The summed E-state index contributed by atoms with van der Waals surface area (Å²) in [6, 6.07) is 6.28. The number of amides is 1. The van der Waals surface area contributed by atoms with Crippen molar-refractivity contribution in [2.45, 2.75) is 25.6 Å². The van der Waals surface area contributed by atoms with Crippen molar-refractivity contribution in [1.29, 1.82) is 0 Å². The highest BCUT2D eigenvalue weighted by Crippen LogP contribution is 2.22. The van der Waals surface area contributed by atoms with Crippen LogP contribution in [0.5, 0.6) is 5.75 Å². The topological polar surface area (TPSA) is 67.3 Å². The molecule has 0 aliphatic carbocycles. The van der Waals surface area contributed by atoms with Crippen molar-refractivity contribution in [2.75, 3.05) is 24.6 Å². The van der Waals surface area contributed by atoms with E-state index in [1.807, 2.05) is 4.90 Å². The lowest BCUT2D eigenvalue weighted by Crippen LogP contribution is -2.43. The maximum absolute atomic E-state index is 12.5. The quantitative estimate of drug-likeness (QED) is 0.816. The Morgan fingerprint density at radius 2 is 2.18 bits per heavy atom. The van der Waals surface area contributed by atoms with Crippen LogP contribution >= 0.6 is 0 Å². The number of nitrogens with one attached hydrogen (secondary N) is 1. The zero-order valence-electron chi connectivity index (χ0n) is 15.2. The SMILES string of the molecule is O=C(NCc1cccc(OCC(F)(F)F)c1)[C@H]1CCCN(c2cnccn2)C1. The Morgan fingerprint density at radius 1 is 1.32 bits per heavy atom. The largest absolute Gasteiger partial charge is 0.484 e. The fourth-order valence-corrected chi connectivity index (χ4v) is 3.10. The van der Waals surface area contributed by atoms with E-state index in [2.05, 4.69) is 15.3 Å². The lowest BCUT2D eigenvalue weighted by Gasteiger charge is -2.32. The Labute approximate surface area is 160 Å². The van der Waals surface area contributed by atoms with Crippen LogP contribution in [0, 0.1) is 5.92 Å². The molecule has 1 fully saturated rings. The molecule has 6 nitrogen and oxygen atoms in total. The Hall–Kier alpha value is -2.84. The van der Waals surface area contributed by atoms with Crippen LogP contribution in [0.15, 0.2) is 42.9 Å². The Morgan fingerprint density at radius 3 is 2.93 bits per heavy atom. The van der Waals surface area contributed by atoms with Crippen molar-refractivity contribution < 1.29 is 22.7 Å². The molecular formula is C19H21F3N4O2. The lowest BCUT2D eigenvalue weighted by atomic mass is 9.97. The van der Waals surface area contributed by atoms with Crippen LogP contribution in [0.3, 0.4) is 0 Å². The first-order valence-corrected chi connectivity index (χ1v) is 8.98. The Bertz CT molecular complexity index is 786. The van der Waals surface area contributed by atoms with E-state index in [1.165, 1.54) is 12.1 Å². The second-order valence-electron chi connectivity index (χ2n) is 6.62. The zero-order valence-corrected chi connectivity index (χ0v) is 15.2. The number of carbonyl (C=O) groups excluding carboxylic acids is 1. The number of carbonyl (C=O) groups is 1. The molecule has 0 unspecified atom stereocenters. The molecule has 0 spiro atoms. The molecule has 1 aliphatic heterocycles. The average Bonchev–Trinajstić information content (AvgIpc) is 2.71. The molecule has 1 aliphatic rings. The number of anilines is 1. The summed E-state index contributed by atoms with van der Waals surface area (Å²) in [6.45, 7) is 0.257. The summed E-state index contributed by atoms with van der Waals surface area (Å²) in [6.07, 6.45) is 2.15. The zero-order chi connectivity index (χ0) is 20.0. The Balaban J connectivity index is 1.52. The van der Waals surface area contributed by atoms with Gasteiger partial charge in [-0.3, -0.25) is 9.78 Å². The first-order valence-electron chi connectivity index (χ1n) is 8.98. The summed E-state index contributed by atoms with van der Waals surface area (Å²) in [5, 5.41) is 2.86. The predicted octanol–water partition coefficient (Wildman–Crippen LogP) is 2.95. The molecule has 2 aromatic rings. The van der Waals surface area contributed by atoms with Crippen molar-refractivity contribution in [1.82, 2.24) is 15.3 Å². The molecule has 1 saturated heterocycles. The molecule has 1 aromatic heterocycles.